The predicted octanol–water partition coefficient (Wildman–Crippen LogP) is 2.38. The average Bonchev–Trinajstić information content (AvgIpc) is 3.17. The molecule has 0 N–H and O–H groups in total. The minimum absolute atomic E-state index is 0.0741. The van der Waals surface area contributed by atoms with E-state index in [1.165, 1.54) is 24.3 Å². The maximum atomic E-state index is 12.6. The minimum atomic E-state index is -3.04. The molecule has 0 bridgehead atoms. The lowest BCUT2D eigenvalue weighted by Crippen LogP contribution is -2.17. The van der Waals surface area contributed by atoms with Crippen LogP contribution in [0, 0.1) is 25.2 Å². The van der Waals surface area contributed by atoms with Crippen molar-refractivity contribution in [2.45, 2.75) is 26.3 Å². The second-order valence-electron chi connectivity index (χ2n) is 6.90. The van der Waals surface area contributed by atoms with Gasteiger partial charge >= 0.3 is 5.97 Å². The van der Waals surface area contributed by atoms with E-state index in [0.29, 0.717) is 23.2 Å². The highest BCUT2D eigenvalue weighted by Crippen LogP contribution is 2.29. The van der Waals surface area contributed by atoms with E-state index in [4.69, 9.17) is 10.00 Å². The number of ether oxygens (including phenoxy) is 1. The van der Waals surface area contributed by atoms with Crippen molar-refractivity contribution in [3.63, 3.8) is 0 Å². The van der Waals surface area contributed by atoms with Crippen LogP contribution < -0.4 is 0 Å². The van der Waals surface area contributed by atoms with Crippen LogP contribution in [0.1, 0.15) is 50.1 Å². The van der Waals surface area contributed by atoms with E-state index in [9.17, 15) is 18.0 Å². The molecule has 1 fully saturated rings. The standard InChI is InChI=1S/C20H20N2O5S/c1-13-9-18(14(2)22(13)17-7-8-28(25,26)12-17)19(23)11-27-20(24)16-5-3-15(10-21)4-6-16/h3-6,9,17H,7-8,11-12H2,1-2H3/t17-/m0/s1. The highest BCUT2D eigenvalue weighted by molar-refractivity contribution is 7.91. The summed E-state index contributed by atoms with van der Waals surface area (Å²) >= 11 is 0. The first-order valence-corrected chi connectivity index (χ1v) is 10.6. The summed E-state index contributed by atoms with van der Waals surface area (Å²) in [6, 6.07) is 9.44. The fourth-order valence-corrected chi connectivity index (χ4v) is 5.27. The normalized spacial score (nSPS) is 17.8. The molecule has 2 aromatic rings. The van der Waals surface area contributed by atoms with Crippen LogP contribution in [-0.2, 0) is 14.6 Å². The van der Waals surface area contributed by atoms with Crippen LogP contribution in [0.3, 0.4) is 0 Å². The second kappa shape index (κ2) is 7.60. The summed E-state index contributed by atoms with van der Waals surface area (Å²) in [6.07, 6.45) is 0.528. The minimum Gasteiger partial charge on any atom is -0.454 e. The van der Waals surface area contributed by atoms with Gasteiger partial charge in [-0.25, -0.2) is 13.2 Å². The van der Waals surface area contributed by atoms with Crippen LogP contribution in [0.15, 0.2) is 30.3 Å². The monoisotopic (exact) mass is 400 g/mol. The molecule has 0 spiro atoms. The Balaban J connectivity index is 1.70. The van der Waals surface area contributed by atoms with Gasteiger partial charge in [0, 0.05) is 23.0 Å². The molecule has 1 aromatic carbocycles. The molecule has 1 aromatic heterocycles. The number of nitrogens with zero attached hydrogens (tertiary/aromatic N) is 2. The molecule has 146 valence electrons. The summed E-state index contributed by atoms with van der Waals surface area (Å²) < 4.78 is 30.5. The van der Waals surface area contributed by atoms with Gasteiger partial charge in [-0.15, -0.1) is 0 Å². The molecule has 1 saturated heterocycles. The predicted molar refractivity (Wildman–Crippen MR) is 102 cm³/mol. The Morgan fingerprint density at radius 1 is 1.25 bits per heavy atom. The van der Waals surface area contributed by atoms with E-state index < -0.39 is 22.4 Å². The molecule has 1 aliphatic rings. The number of carbonyl (C=O) groups is 2. The molecule has 7 nitrogen and oxygen atoms in total. The van der Waals surface area contributed by atoms with Crippen LogP contribution in [0.5, 0.6) is 0 Å². The van der Waals surface area contributed by atoms with Gasteiger partial charge in [-0.3, -0.25) is 4.79 Å². The van der Waals surface area contributed by atoms with Crippen LogP contribution in [0.25, 0.3) is 0 Å². The van der Waals surface area contributed by atoms with Crippen LogP contribution in [-0.4, -0.2) is 42.9 Å². The van der Waals surface area contributed by atoms with Gasteiger partial charge in [-0.2, -0.15) is 5.26 Å². The molecule has 1 atom stereocenters. The summed E-state index contributed by atoms with van der Waals surface area (Å²) in [5.41, 5.74) is 2.59. The lowest BCUT2D eigenvalue weighted by molar-refractivity contribution is 0.0474. The summed E-state index contributed by atoms with van der Waals surface area (Å²) in [4.78, 5) is 24.6. The molecule has 0 amide bonds. The first-order valence-electron chi connectivity index (χ1n) is 8.81. The Morgan fingerprint density at radius 2 is 1.93 bits per heavy atom. The van der Waals surface area contributed by atoms with Crippen molar-refractivity contribution in [1.82, 2.24) is 4.57 Å². The molecule has 3 rings (SSSR count). The number of aryl methyl sites for hydroxylation is 1. The zero-order chi connectivity index (χ0) is 20.5. The Bertz CT molecular complexity index is 1080. The third kappa shape index (κ3) is 3.99. The van der Waals surface area contributed by atoms with Gasteiger partial charge < -0.3 is 9.30 Å². The maximum absolute atomic E-state index is 12.6. The van der Waals surface area contributed by atoms with Gasteiger partial charge in [0.25, 0.3) is 0 Å². The molecular weight excluding hydrogens is 380 g/mol. The number of hydrogen-bond acceptors (Lipinski definition) is 6. The van der Waals surface area contributed by atoms with E-state index in [0.717, 1.165) is 5.69 Å². The number of nitriles is 1. The molecule has 2 heterocycles. The van der Waals surface area contributed by atoms with Gasteiger partial charge in [-0.1, -0.05) is 0 Å². The number of benzene rings is 1. The van der Waals surface area contributed by atoms with Crippen LogP contribution in [0.4, 0.5) is 0 Å². The number of rotatable bonds is 5. The van der Waals surface area contributed by atoms with E-state index in [2.05, 4.69) is 0 Å². The lowest BCUT2D eigenvalue weighted by Gasteiger charge is -2.16. The lowest BCUT2D eigenvalue weighted by atomic mass is 10.1. The number of carbonyl (C=O) groups excluding carboxylic acids is 2. The Kier molecular flexibility index (Phi) is 5.38. The van der Waals surface area contributed by atoms with E-state index >= 15 is 0 Å². The molecular formula is C20H20N2O5S. The molecule has 28 heavy (non-hydrogen) atoms. The van der Waals surface area contributed by atoms with E-state index in [1.54, 1.807) is 13.0 Å². The van der Waals surface area contributed by atoms with Crippen LogP contribution in [0.2, 0.25) is 0 Å². The number of sulfone groups is 1. The summed E-state index contributed by atoms with van der Waals surface area (Å²) in [6.45, 7) is 3.19. The smallest absolute Gasteiger partial charge is 0.338 e. The van der Waals surface area contributed by atoms with Crippen molar-refractivity contribution >= 4 is 21.6 Å². The van der Waals surface area contributed by atoms with E-state index in [1.807, 2.05) is 17.6 Å². The van der Waals surface area contributed by atoms with Crippen molar-refractivity contribution in [3.05, 3.63) is 58.4 Å². The molecule has 8 heteroatoms. The summed E-state index contributed by atoms with van der Waals surface area (Å²) in [5.74, 6) is -0.763. The van der Waals surface area contributed by atoms with Gasteiger partial charge in [0.15, 0.2) is 16.4 Å². The fourth-order valence-electron chi connectivity index (χ4n) is 3.57. The second-order valence-corrected chi connectivity index (χ2v) is 9.13. The Labute approximate surface area is 163 Å². The maximum Gasteiger partial charge on any atom is 0.338 e. The first-order chi connectivity index (χ1) is 13.2. The number of Topliss-reactive ketones (excluding diaryl/α,β-unsaturated/α-hetero) is 1. The number of aromatic nitrogens is 1. The molecule has 0 radical (unpaired) electrons. The van der Waals surface area contributed by atoms with Gasteiger partial charge in [0.1, 0.15) is 0 Å². The fraction of sp³-hybridized carbons (Fsp3) is 0.350. The van der Waals surface area contributed by atoms with Gasteiger partial charge in [-0.05, 0) is 50.6 Å². The third-order valence-corrected chi connectivity index (χ3v) is 6.69. The number of esters is 1. The van der Waals surface area contributed by atoms with Gasteiger partial charge in [0.05, 0.1) is 28.7 Å². The van der Waals surface area contributed by atoms with Crippen molar-refractivity contribution < 1.29 is 22.7 Å². The van der Waals surface area contributed by atoms with Crippen molar-refractivity contribution in [3.8, 4) is 6.07 Å². The quantitative estimate of drug-likeness (QED) is 0.563. The zero-order valence-corrected chi connectivity index (χ0v) is 16.5. The number of ketones is 1. The zero-order valence-electron chi connectivity index (χ0n) is 15.6. The highest BCUT2D eigenvalue weighted by Gasteiger charge is 2.31. The van der Waals surface area contributed by atoms with Gasteiger partial charge in [0.2, 0.25) is 5.78 Å². The third-order valence-electron chi connectivity index (χ3n) is 4.94. The summed E-state index contributed by atoms with van der Waals surface area (Å²) in [5, 5.41) is 8.78. The molecule has 1 aliphatic heterocycles. The van der Waals surface area contributed by atoms with E-state index in [-0.39, 0.29) is 28.9 Å². The largest absolute Gasteiger partial charge is 0.454 e. The SMILES string of the molecule is Cc1cc(C(=O)COC(=O)c2ccc(C#N)cc2)c(C)n1[C@H]1CCS(=O)(=O)C1. The van der Waals surface area contributed by atoms with Crippen molar-refractivity contribution in [2.75, 3.05) is 18.1 Å². The molecule has 0 aliphatic carbocycles. The molecule has 0 unspecified atom stereocenters. The molecule has 0 saturated carbocycles. The topological polar surface area (TPSA) is 106 Å². The average molecular weight is 400 g/mol. The van der Waals surface area contributed by atoms with Crippen molar-refractivity contribution in [1.29, 1.82) is 5.26 Å². The Hall–Kier alpha value is -2.92. The Morgan fingerprint density at radius 3 is 2.50 bits per heavy atom. The van der Waals surface area contributed by atoms with Crippen LogP contribution >= 0.6 is 0 Å². The first kappa shape index (κ1) is 19.8. The summed E-state index contributed by atoms with van der Waals surface area (Å²) in [7, 11) is -3.04. The highest BCUT2D eigenvalue weighted by atomic mass is 32.2. The number of hydrogen-bond donors (Lipinski definition) is 0. The van der Waals surface area contributed by atoms with Crippen molar-refractivity contribution in [2.24, 2.45) is 0 Å².